The second-order valence-corrected chi connectivity index (χ2v) is 11.5. The summed E-state index contributed by atoms with van der Waals surface area (Å²) >= 11 is 0. The van der Waals surface area contributed by atoms with Crippen molar-refractivity contribution in [1.29, 1.82) is 0 Å². The first-order valence-corrected chi connectivity index (χ1v) is 17.2. The summed E-state index contributed by atoms with van der Waals surface area (Å²) in [5, 5.41) is 11.5. The summed E-state index contributed by atoms with van der Waals surface area (Å²) < 4.78 is 11.6. The Kier molecular flexibility index (Phi) is 20.9. The molecule has 0 atom stereocenters. The van der Waals surface area contributed by atoms with E-state index < -0.39 is 0 Å². The van der Waals surface area contributed by atoms with Crippen molar-refractivity contribution in [2.24, 2.45) is 0 Å². The SMILES string of the molecule is CCCCCCCCOc1ccc(NC(=O)NCCCCCCNC(=O)Nc2ccc(OCCCCCCCC)cc2)cc1. The van der Waals surface area contributed by atoms with Crippen molar-refractivity contribution >= 4 is 23.4 Å². The molecule has 0 aromatic heterocycles. The lowest BCUT2D eigenvalue weighted by Gasteiger charge is -2.10. The van der Waals surface area contributed by atoms with Crippen molar-refractivity contribution in [1.82, 2.24) is 10.6 Å². The van der Waals surface area contributed by atoms with E-state index in [2.05, 4.69) is 35.1 Å². The highest BCUT2D eigenvalue weighted by atomic mass is 16.5. The van der Waals surface area contributed by atoms with Crippen LogP contribution in [-0.2, 0) is 0 Å². The van der Waals surface area contributed by atoms with Gasteiger partial charge >= 0.3 is 12.1 Å². The van der Waals surface area contributed by atoms with Gasteiger partial charge in [-0.2, -0.15) is 0 Å². The average molecular weight is 611 g/mol. The molecule has 4 amide bonds. The number of rotatable bonds is 25. The Balaban J connectivity index is 1.43. The molecule has 0 fully saturated rings. The molecule has 246 valence electrons. The maximum absolute atomic E-state index is 12.2. The van der Waals surface area contributed by atoms with E-state index in [1.54, 1.807) is 0 Å². The highest BCUT2D eigenvalue weighted by Crippen LogP contribution is 2.18. The van der Waals surface area contributed by atoms with Crippen molar-refractivity contribution in [2.45, 2.75) is 117 Å². The summed E-state index contributed by atoms with van der Waals surface area (Å²) in [6.45, 7) is 7.13. The third kappa shape index (κ3) is 19.0. The lowest BCUT2D eigenvalue weighted by molar-refractivity contribution is 0.250. The van der Waals surface area contributed by atoms with Gasteiger partial charge in [0.1, 0.15) is 11.5 Å². The summed E-state index contributed by atoms with van der Waals surface area (Å²) in [5.74, 6) is 1.66. The van der Waals surface area contributed by atoms with Crippen LogP contribution in [0, 0.1) is 0 Å². The van der Waals surface area contributed by atoms with Gasteiger partial charge in [0.05, 0.1) is 13.2 Å². The van der Waals surface area contributed by atoms with Gasteiger partial charge in [-0.1, -0.05) is 90.9 Å². The molecule has 2 aromatic carbocycles. The lowest BCUT2D eigenvalue weighted by atomic mass is 10.1. The molecule has 0 spiro atoms. The molecule has 2 aromatic rings. The molecule has 0 saturated carbocycles. The number of anilines is 2. The minimum Gasteiger partial charge on any atom is -0.494 e. The van der Waals surface area contributed by atoms with Crippen LogP contribution in [0.2, 0.25) is 0 Å². The van der Waals surface area contributed by atoms with Gasteiger partial charge in [-0.3, -0.25) is 0 Å². The number of ether oxygens (including phenoxy) is 2. The van der Waals surface area contributed by atoms with Crippen LogP contribution in [0.1, 0.15) is 117 Å². The third-order valence-corrected chi connectivity index (χ3v) is 7.43. The maximum atomic E-state index is 12.2. The number of unbranched alkanes of at least 4 members (excludes halogenated alkanes) is 13. The quantitative estimate of drug-likeness (QED) is 0.0841. The van der Waals surface area contributed by atoms with E-state index in [1.165, 1.54) is 64.2 Å². The summed E-state index contributed by atoms with van der Waals surface area (Å²) in [6, 6.07) is 14.6. The molecule has 0 saturated heterocycles. The Hall–Kier alpha value is -3.42. The molecule has 44 heavy (non-hydrogen) atoms. The molecule has 0 aliphatic heterocycles. The number of carbonyl (C=O) groups is 2. The van der Waals surface area contributed by atoms with Gasteiger partial charge in [-0.05, 0) is 74.2 Å². The van der Waals surface area contributed by atoms with Crippen molar-refractivity contribution in [3.63, 3.8) is 0 Å². The first kappa shape index (κ1) is 36.8. The van der Waals surface area contributed by atoms with Crippen molar-refractivity contribution in [2.75, 3.05) is 36.9 Å². The maximum Gasteiger partial charge on any atom is 0.319 e. The molecular weight excluding hydrogens is 552 g/mol. The Morgan fingerprint density at radius 2 is 0.818 bits per heavy atom. The Morgan fingerprint density at radius 1 is 0.477 bits per heavy atom. The Morgan fingerprint density at radius 3 is 1.20 bits per heavy atom. The van der Waals surface area contributed by atoms with Crippen LogP contribution in [0.15, 0.2) is 48.5 Å². The van der Waals surface area contributed by atoms with Gasteiger partial charge in [0, 0.05) is 24.5 Å². The number of benzene rings is 2. The van der Waals surface area contributed by atoms with E-state index in [-0.39, 0.29) is 12.1 Å². The number of hydrogen-bond donors (Lipinski definition) is 4. The zero-order valence-corrected chi connectivity index (χ0v) is 27.4. The standard InChI is InChI=1S/C36H58N4O4/c1-3-5-7-9-13-17-29-43-33-23-19-31(20-24-33)39-35(41)37-27-15-11-12-16-28-38-36(42)40-32-21-25-34(26-22-32)44-30-18-14-10-8-6-4-2/h19-26H,3-18,27-30H2,1-2H3,(H2,37,39,41)(H2,38,40,42). The van der Waals surface area contributed by atoms with Crippen molar-refractivity contribution in [3.8, 4) is 11.5 Å². The van der Waals surface area contributed by atoms with Crippen LogP contribution >= 0.6 is 0 Å². The van der Waals surface area contributed by atoms with Crippen LogP contribution in [0.4, 0.5) is 21.0 Å². The predicted molar refractivity (Wildman–Crippen MR) is 183 cm³/mol. The van der Waals surface area contributed by atoms with Gasteiger partial charge in [0.2, 0.25) is 0 Å². The van der Waals surface area contributed by atoms with Gasteiger partial charge in [-0.15, -0.1) is 0 Å². The second kappa shape index (κ2) is 25.0. The number of hydrogen-bond acceptors (Lipinski definition) is 4. The van der Waals surface area contributed by atoms with Crippen LogP contribution in [0.25, 0.3) is 0 Å². The number of amides is 4. The predicted octanol–water partition coefficient (Wildman–Crippen LogP) is 9.67. The monoisotopic (exact) mass is 610 g/mol. The van der Waals surface area contributed by atoms with Gasteiger partial charge < -0.3 is 30.7 Å². The highest BCUT2D eigenvalue weighted by molar-refractivity contribution is 5.89. The average Bonchev–Trinajstić information content (AvgIpc) is 3.03. The normalized spacial score (nSPS) is 10.7. The molecule has 0 heterocycles. The summed E-state index contributed by atoms with van der Waals surface area (Å²) in [4.78, 5) is 24.4. The van der Waals surface area contributed by atoms with E-state index in [0.717, 1.165) is 74.6 Å². The lowest BCUT2D eigenvalue weighted by Crippen LogP contribution is -2.30. The van der Waals surface area contributed by atoms with Gasteiger partial charge in [0.15, 0.2) is 0 Å². The smallest absolute Gasteiger partial charge is 0.319 e. The number of carbonyl (C=O) groups excluding carboxylic acids is 2. The fourth-order valence-corrected chi connectivity index (χ4v) is 4.77. The summed E-state index contributed by atoms with van der Waals surface area (Å²) in [7, 11) is 0. The van der Waals surface area contributed by atoms with Crippen molar-refractivity contribution in [3.05, 3.63) is 48.5 Å². The topological polar surface area (TPSA) is 101 Å². The van der Waals surface area contributed by atoms with Crippen LogP contribution in [-0.4, -0.2) is 38.4 Å². The number of urea groups is 2. The second-order valence-electron chi connectivity index (χ2n) is 11.5. The Labute approximate surface area is 266 Å². The molecule has 0 aliphatic carbocycles. The van der Waals surface area contributed by atoms with Crippen molar-refractivity contribution < 1.29 is 19.1 Å². The van der Waals surface area contributed by atoms with E-state index >= 15 is 0 Å². The zero-order chi connectivity index (χ0) is 31.5. The minimum atomic E-state index is -0.207. The fraction of sp³-hybridized carbons (Fsp3) is 0.611. The van der Waals surface area contributed by atoms with Gasteiger partial charge in [0.25, 0.3) is 0 Å². The first-order chi connectivity index (χ1) is 21.6. The molecule has 0 unspecified atom stereocenters. The van der Waals surface area contributed by atoms with E-state index in [0.29, 0.717) is 13.1 Å². The summed E-state index contributed by atoms with van der Waals surface area (Å²) in [5.41, 5.74) is 1.48. The molecule has 0 bridgehead atoms. The fourth-order valence-electron chi connectivity index (χ4n) is 4.77. The molecule has 2 rings (SSSR count). The van der Waals surface area contributed by atoms with E-state index in [1.807, 2.05) is 48.5 Å². The molecule has 4 N–H and O–H groups in total. The molecular formula is C36H58N4O4. The molecule has 0 radical (unpaired) electrons. The highest BCUT2D eigenvalue weighted by Gasteiger charge is 2.04. The van der Waals surface area contributed by atoms with Crippen LogP contribution < -0.4 is 30.7 Å². The van der Waals surface area contributed by atoms with E-state index in [4.69, 9.17) is 9.47 Å². The largest absolute Gasteiger partial charge is 0.494 e. The third-order valence-electron chi connectivity index (χ3n) is 7.43. The molecule has 0 aliphatic rings. The first-order valence-electron chi connectivity index (χ1n) is 17.2. The molecule has 8 nitrogen and oxygen atoms in total. The summed E-state index contributed by atoms with van der Waals surface area (Å²) in [6.07, 6.45) is 18.6. The van der Waals surface area contributed by atoms with Crippen LogP contribution in [0.5, 0.6) is 11.5 Å². The van der Waals surface area contributed by atoms with Gasteiger partial charge in [-0.25, -0.2) is 9.59 Å². The minimum absolute atomic E-state index is 0.207. The van der Waals surface area contributed by atoms with E-state index in [9.17, 15) is 9.59 Å². The molecule has 8 heteroatoms. The number of nitrogens with one attached hydrogen (secondary N) is 4. The Bertz CT molecular complexity index is 917. The zero-order valence-electron chi connectivity index (χ0n) is 27.4. The van der Waals surface area contributed by atoms with Crippen LogP contribution in [0.3, 0.4) is 0 Å².